The monoisotopic (exact) mass is 547 g/mol. The van der Waals surface area contributed by atoms with Gasteiger partial charge in [0.15, 0.2) is 4.32 Å². The van der Waals surface area contributed by atoms with Crippen LogP contribution in [0, 0.1) is 9.39 Å². The lowest BCUT2D eigenvalue weighted by atomic mass is 10.2. The van der Waals surface area contributed by atoms with Gasteiger partial charge in [-0.25, -0.2) is 4.39 Å². The molecule has 30 heavy (non-hydrogen) atoms. The van der Waals surface area contributed by atoms with Crippen LogP contribution < -0.4 is 9.64 Å². The van der Waals surface area contributed by atoms with E-state index in [1.54, 1.807) is 11.0 Å². The van der Waals surface area contributed by atoms with Crippen molar-refractivity contribution in [3.8, 4) is 5.75 Å². The number of thioether (sulfide) groups is 1. The Hall–Kier alpha value is -2.23. The Morgan fingerprint density at radius 3 is 2.60 bits per heavy atom. The van der Waals surface area contributed by atoms with Crippen LogP contribution in [-0.2, 0) is 11.4 Å². The second kappa shape index (κ2) is 9.28. The van der Waals surface area contributed by atoms with Crippen molar-refractivity contribution in [2.45, 2.75) is 6.61 Å². The zero-order valence-corrected chi connectivity index (χ0v) is 19.3. The van der Waals surface area contributed by atoms with Gasteiger partial charge in [0.1, 0.15) is 18.2 Å². The maximum atomic E-state index is 13.3. The number of anilines is 1. The Morgan fingerprint density at radius 2 is 1.87 bits per heavy atom. The number of carbonyl (C=O) groups is 1. The highest BCUT2D eigenvalue weighted by atomic mass is 127. The lowest BCUT2D eigenvalue weighted by Gasteiger charge is -2.13. The Balaban J connectivity index is 1.50. The molecule has 0 unspecified atom stereocenters. The molecule has 3 aromatic rings. The van der Waals surface area contributed by atoms with Gasteiger partial charge in [0.25, 0.3) is 5.91 Å². The molecule has 3 nitrogen and oxygen atoms in total. The first-order valence-corrected chi connectivity index (χ1v) is 11.3. The maximum absolute atomic E-state index is 13.3. The average Bonchev–Trinajstić information content (AvgIpc) is 3.01. The van der Waals surface area contributed by atoms with E-state index in [-0.39, 0.29) is 18.3 Å². The smallest absolute Gasteiger partial charge is 0.270 e. The number of ether oxygens (including phenoxy) is 1. The van der Waals surface area contributed by atoms with Crippen LogP contribution in [0.2, 0.25) is 0 Å². The summed E-state index contributed by atoms with van der Waals surface area (Å²) in [6.45, 7) is 0.281. The lowest BCUT2D eigenvalue weighted by molar-refractivity contribution is -0.113. The predicted octanol–water partition coefficient (Wildman–Crippen LogP) is 6.42. The van der Waals surface area contributed by atoms with E-state index in [1.807, 2.05) is 60.7 Å². The molecule has 1 fully saturated rings. The van der Waals surface area contributed by atoms with Crippen molar-refractivity contribution in [2.24, 2.45) is 0 Å². The number of amides is 1. The molecule has 0 aromatic heterocycles. The third kappa shape index (κ3) is 4.74. The molecule has 3 aromatic carbocycles. The summed E-state index contributed by atoms with van der Waals surface area (Å²) in [6, 6.07) is 21.4. The second-order valence-electron chi connectivity index (χ2n) is 6.46. The Labute approximate surface area is 197 Å². The van der Waals surface area contributed by atoms with Gasteiger partial charge in [-0.15, -0.1) is 0 Å². The van der Waals surface area contributed by atoms with Crippen molar-refractivity contribution in [3.63, 3.8) is 0 Å². The molecule has 150 valence electrons. The molecule has 0 bridgehead atoms. The van der Waals surface area contributed by atoms with Crippen molar-refractivity contribution in [1.82, 2.24) is 0 Å². The normalized spacial score (nSPS) is 15.1. The summed E-state index contributed by atoms with van der Waals surface area (Å²) in [4.78, 5) is 15.0. The molecular formula is C23H15FINO2S2. The highest BCUT2D eigenvalue weighted by molar-refractivity contribution is 14.1. The Bertz CT molecular complexity index is 1150. The van der Waals surface area contributed by atoms with Crippen LogP contribution in [0.5, 0.6) is 5.75 Å². The number of rotatable bonds is 5. The molecule has 0 aliphatic carbocycles. The van der Waals surface area contributed by atoms with E-state index < -0.39 is 0 Å². The summed E-state index contributed by atoms with van der Waals surface area (Å²) >= 11 is 8.89. The number of carbonyl (C=O) groups excluding carboxylic acids is 1. The van der Waals surface area contributed by atoms with E-state index in [2.05, 4.69) is 22.6 Å². The molecule has 7 heteroatoms. The van der Waals surface area contributed by atoms with Gasteiger partial charge in [-0.05, 0) is 76.2 Å². The van der Waals surface area contributed by atoms with E-state index in [0.717, 1.165) is 20.4 Å². The van der Waals surface area contributed by atoms with Crippen molar-refractivity contribution in [1.29, 1.82) is 0 Å². The third-order valence-corrected chi connectivity index (χ3v) is 6.49. The van der Waals surface area contributed by atoms with Crippen LogP contribution in [0.3, 0.4) is 0 Å². The van der Waals surface area contributed by atoms with Gasteiger partial charge in [0, 0.05) is 0 Å². The molecule has 1 aliphatic heterocycles. The molecule has 4 rings (SSSR count). The quantitative estimate of drug-likeness (QED) is 0.210. The van der Waals surface area contributed by atoms with Crippen molar-refractivity contribution < 1.29 is 13.9 Å². The highest BCUT2D eigenvalue weighted by Crippen LogP contribution is 2.36. The van der Waals surface area contributed by atoms with Crippen molar-refractivity contribution in [2.75, 3.05) is 4.90 Å². The maximum Gasteiger partial charge on any atom is 0.270 e. The van der Waals surface area contributed by atoms with Crippen molar-refractivity contribution >= 4 is 68.6 Å². The summed E-state index contributed by atoms with van der Waals surface area (Å²) < 4.78 is 20.5. The fourth-order valence-electron chi connectivity index (χ4n) is 2.93. The number of hydrogen-bond donors (Lipinski definition) is 0. The molecule has 0 radical (unpaired) electrons. The van der Waals surface area contributed by atoms with E-state index in [0.29, 0.717) is 15.0 Å². The van der Waals surface area contributed by atoms with Crippen LogP contribution in [-0.4, -0.2) is 10.2 Å². The van der Waals surface area contributed by atoms with Gasteiger partial charge in [-0.3, -0.25) is 9.69 Å². The molecule has 0 spiro atoms. The SMILES string of the molecule is O=C1/C(=C\c2ccc(OCc3cccc(F)c3)c(I)c2)SC(=S)N1c1ccccc1. The fourth-order valence-corrected chi connectivity index (χ4v) is 4.92. The Morgan fingerprint density at radius 1 is 1.07 bits per heavy atom. The summed E-state index contributed by atoms with van der Waals surface area (Å²) in [5.74, 6) is 0.292. The van der Waals surface area contributed by atoms with Crippen molar-refractivity contribution in [3.05, 3.63) is 98.2 Å². The minimum absolute atomic E-state index is 0.127. The number of para-hydroxylation sites is 1. The standard InChI is InChI=1S/C23H15FINO2S2/c24-17-6-4-5-16(11-17)14-28-20-10-9-15(12-19(20)25)13-21-22(27)26(23(29)30-21)18-7-2-1-3-8-18/h1-13H,14H2/b21-13+. The number of thiocarbonyl (C=S) groups is 1. The minimum atomic E-state index is -0.283. The van der Waals surface area contributed by atoms with Crippen LogP contribution >= 0.6 is 46.6 Å². The molecule has 0 saturated carbocycles. The summed E-state index contributed by atoms with van der Waals surface area (Å²) in [5.41, 5.74) is 2.41. The summed E-state index contributed by atoms with van der Waals surface area (Å²) in [5, 5.41) is 0. The van der Waals surface area contributed by atoms with Gasteiger partial charge < -0.3 is 4.74 Å². The number of benzene rings is 3. The number of hydrogen-bond acceptors (Lipinski definition) is 4. The van der Waals surface area contributed by atoms with Gasteiger partial charge in [-0.1, -0.05) is 60.4 Å². The zero-order valence-electron chi connectivity index (χ0n) is 15.5. The molecule has 1 amide bonds. The third-order valence-electron chi connectivity index (χ3n) is 4.35. The zero-order chi connectivity index (χ0) is 21.1. The second-order valence-corrected chi connectivity index (χ2v) is 9.30. The van der Waals surface area contributed by atoms with E-state index in [1.165, 1.54) is 23.9 Å². The first kappa shape index (κ1) is 21.0. The highest BCUT2D eigenvalue weighted by Gasteiger charge is 2.33. The van der Waals surface area contributed by atoms with Gasteiger partial charge >= 0.3 is 0 Å². The lowest BCUT2D eigenvalue weighted by Crippen LogP contribution is -2.27. The topological polar surface area (TPSA) is 29.5 Å². The van der Waals surface area contributed by atoms with Crippen LogP contribution in [0.25, 0.3) is 6.08 Å². The number of halogens is 2. The van der Waals surface area contributed by atoms with Crippen LogP contribution in [0.1, 0.15) is 11.1 Å². The molecule has 0 atom stereocenters. The predicted molar refractivity (Wildman–Crippen MR) is 132 cm³/mol. The largest absolute Gasteiger partial charge is 0.488 e. The Kier molecular flexibility index (Phi) is 6.50. The van der Waals surface area contributed by atoms with Gasteiger partial charge in [0.2, 0.25) is 0 Å². The molecule has 1 aliphatic rings. The van der Waals surface area contributed by atoms with Crippen LogP contribution in [0.4, 0.5) is 10.1 Å². The number of nitrogens with zero attached hydrogens (tertiary/aromatic N) is 1. The first-order chi connectivity index (χ1) is 14.5. The first-order valence-electron chi connectivity index (χ1n) is 9.01. The minimum Gasteiger partial charge on any atom is -0.488 e. The molecule has 0 N–H and O–H groups in total. The van der Waals surface area contributed by atoms with Gasteiger partial charge in [-0.2, -0.15) is 0 Å². The molecule has 1 saturated heterocycles. The van der Waals surface area contributed by atoms with E-state index >= 15 is 0 Å². The summed E-state index contributed by atoms with van der Waals surface area (Å²) in [7, 11) is 0. The fraction of sp³-hybridized carbons (Fsp3) is 0.0435. The molecular weight excluding hydrogens is 532 g/mol. The van der Waals surface area contributed by atoms with Gasteiger partial charge in [0.05, 0.1) is 14.2 Å². The van der Waals surface area contributed by atoms with E-state index in [4.69, 9.17) is 17.0 Å². The van der Waals surface area contributed by atoms with E-state index in [9.17, 15) is 9.18 Å². The summed E-state index contributed by atoms with van der Waals surface area (Å²) in [6.07, 6.45) is 1.83. The average molecular weight is 547 g/mol. The van der Waals surface area contributed by atoms with Crippen LogP contribution in [0.15, 0.2) is 77.7 Å². The molecule has 1 heterocycles.